The fourth-order valence-electron chi connectivity index (χ4n) is 11.5. The van der Waals surface area contributed by atoms with Crippen LogP contribution in [-0.4, -0.2) is 23.9 Å². The Morgan fingerprint density at radius 2 is 1.12 bits per heavy atom. The molecule has 2 heterocycles. The fourth-order valence-corrected chi connectivity index (χ4v) is 11.5. The molecular weight excluding hydrogens is 336 g/mol. The van der Waals surface area contributed by atoms with E-state index in [2.05, 4.69) is 0 Å². The topological polar surface area (TPSA) is 86.7 Å². The van der Waals surface area contributed by atoms with Gasteiger partial charge in [0.1, 0.15) is 0 Å². The van der Waals surface area contributed by atoms with E-state index in [1.165, 1.54) is 0 Å². The van der Waals surface area contributed by atoms with Crippen molar-refractivity contribution in [1.29, 1.82) is 0 Å². The van der Waals surface area contributed by atoms with Gasteiger partial charge in [0, 0.05) is 0 Å². The number of ether oxygens (including phenoxy) is 2. The summed E-state index contributed by atoms with van der Waals surface area (Å²) in [5.41, 5.74) is -3.60. The van der Waals surface area contributed by atoms with Gasteiger partial charge in [-0.2, -0.15) is 0 Å². The van der Waals surface area contributed by atoms with Crippen LogP contribution in [0.4, 0.5) is 0 Å². The molecule has 26 heavy (non-hydrogen) atoms. The molecule has 6 heteroatoms. The smallest absolute Gasteiger partial charge is 0.321 e. The monoisotopic (exact) mass is 352 g/mol. The van der Waals surface area contributed by atoms with Gasteiger partial charge in [-0.1, -0.05) is 0 Å². The largest absolute Gasteiger partial charge is 0.392 e. The number of carbonyl (C=O) groups excluding carboxylic acids is 4. The fraction of sp³-hybridized carbons (Fsp3) is 0.800. The van der Waals surface area contributed by atoms with E-state index in [-0.39, 0.29) is 45.5 Å². The van der Waals surface area contributed by atoms with E-state index in [1.807, 2.05) is 0 Å². The highest BCUT2D eigenvalue weighted by atomic mass is 16.6. The van der Waals surface area contributed by atoms with E-state index in [0.29, 0.717) is 25.7 Å². The number of hydrogen-bond donors (Lipinski definition) is 0. The van der Waals surface area contributed by atoms with E-state index in [0.717, 1.165) is 25.7 Å². The van der Waals surface area contributed by atoms with Crippen LogP contribution in [0.3, 0.4) is 0 Å². The molecule has 0 N–H and O–H groups in total. The van der Waals surface area contributed by atoms with E-state index in [4.69, 9.17) is 9.47 Å². The third kappa shape index (κ3) is 0.594. The quantitative estimate of drug-likeness (QED) is 0.482. The molecule has 9 rings (SSSR count). The molecule has 0 aromatic heterocycles. The summed E-state index contributed by atoms with van der Waals surface area (Å²) >= 11 is 0. The Balaban J connectivity index is 1.44. The van der Waals surface area contributed by atoms with Crippen molar-refractivity contribution in [3.63, 3.8) is 0 Å². The zero-order chi connectivity index (χ0) is 17.4. The zero-order valence-corrected chi connectivity index (χ0v) is 14.1. The first kappa shape index (κ1) is 12.6. The lowest BCUT2D eigenvalue weighted by molar-refractivity contribution is -0.161. The van der Waals surface area contributed by atoms with Gasteiger partial charge in [-0.15, -0.1) is 0 Å². The van der Waals surface area contributed by atoms with Gasteiger partial charge in [0.15, 0.2) is 0 Å². The molecule has 8 unspecified atom stereocenters. The van der Waals surface area contributed by atoms with Crippen LogP contribution in [0.5, 0.6) is 0 Å². The molecule has 0 aromatic carbocycles. The Labute approximate surface area is 147 Å². The third-order valence-corrected chi connectivity index (χ3v) is 12.0. The molecule has 7 saturated carbocycles. The van der Waals surface area contributed by atoms with Gasteiger partial charge in [-0.05, 0) is 73.0 Å². The Hall–Kier alpha value is -1.72. The lowest BCUT2D eigenvalue weighted by Gasteiger charge is -2.54. The van der Waals surface area contributed by atoms with Crippen molar-refractivity contribution in [1.82, 2.24) is 0 Å². The van der Waals surface area contributed by atoms with E-state index >= 15 is 0 Å². The minimum Gasteiger partial charge on any atom is -0.392 e. The number of hydrogen-bond acceptors (Lipinski definition) is 6. The van der Waals surface area contributed by atoms with Crippen LogP contribution in [0.2, 0.25) is 0 Å². The number of esters is 4. The zero-order valence-electron chi connectivity index (χ0n) is 14.1. The number of carbonyl (C=O) groups is 4. The molecule has 2 aliphatic heterocycles. The van der Waals surface area contributed by atoms with Crippen LogP contribution in [0.15, 0.2) is 0 Å². The summed E-state index contributed by atoms with van der Waals surface area (Å²) in [7, 11) is 0. The van der Waals surface area contributed by atoms with Gasteiger partial charge >= 0.3 is 23.9 Å². The van der Waals surface area contributed by atoms with Gasteiger partial charge in [0.2, 0.25) is 0 Å². The van der Waals surface area contributed by atoms with Crippen molar-refractivity contribution < 1.29 is 28.7 Å². The summed E-state index contributed by atoms with van der Waals surface area (Å²) < 4.78 is 10.6. The summed E-state index contributed by atoms with van der Waals surface area (Å²) in [4.78, 5) is 51.8. The summed E-state index contributed by atoms with van der Waals surface area (Å²) in [5, 5.41) is 0. The molecule has 2 saturated heterocycles. The highest BCUT2D eigenvalue weighted by Gasteiger charge is 3.15. The summed E-state index contributed by atoms with van der Waals surface area (Å²) in [6.45, 7) is 0. The first-order chi connectivity index (χ1) is 12.3. The first-order valence-electron chi connectivity index (χ1n) is 9.83. The Morgan fingerprint density at radius 3 is 1.92 bits per heavy atom. The highest BCUT2D eigenvalue weighted by molar-refractivity contribution is 6.12. The SMILES string of the molecule is O=C1OC(=O)C23CC24CC2(CCC13C2)C12CC43CC34C(=O)OC(=O)C14C2. The molecule has 0 aromatic rings. The number of rotatable bonds is 0. The maximum atomic E-state index is 13.0. The molecule has 8 atom stereocenters. The van der Waals surface area contributed by atoms with Gasteiger partial charge < -0.3 is 9.47 Å². The van der Waals surface area contributed by atoms with Crippen LogP contribution in [0, 0.1) is 43.3 Å². The molecule has 0 radical (unpaired) electrons. The summed E-state index contributed by atoms with van der Waals surface area (Å²) in [6.07, 6.45) is 6.20. The van der Waals surface area contributed by atoms with E-state index in [1.54, 1.807) is 0 Å². The van der Waals surface area contributed by atoms with E-state index in [9.17, 15) is 19.2 Å². The van der Waals surface area contributed by atoms with Crippen LogP contribution in [0.25, 0.3) is 0 Å². The summed E-state index contributed by atoms with van der Waals surface area (Å²) in [6, 6.07) is 0. The highest BCUT2D eigenvalue weighted by Crippen LogP contribution is 3.13. The maximum absolute atomic E-state index is 13.0. The van der Waals surface area contributed by atoms with Gasteiger partial charge in [-0.25, -0.2) is 0 Å². The molecule has 9 fully saturated rings. The van der Waals surface area contributed by atoms with Crippen molar-refractivity contribution in [3.8, 4) is 0 Å². The number of cyclic esters (lactones) is 4. The van der Waals surface area contributed by atoms with Gasteiger partial charge in [0.05, 0.1) is 21.7 Å². The molecule has 5 bridgehead atoms. The second-order valence-corrected chi connectivity index (χ2v) is 11.2. The Kier molecular flexibility index (Phi) is 1.20. The van der Waals surface area contributed by atoms with Gasteiger partial charge in [0.25, 0.3) is 0 Å². The van der Waals surface area contributed by atoms with Crippen molar-refractivity contribution in [2.24, 2.45) is 43.3 Å². The first-order valence-corrected chi connectivity index (χ1v) is 9.83. The molecule has 132 valence electrons. The Morgan fingerprint density at radius 1 is 0.538 bits per heavy atom. The average molecular weight is 352 g/mol. The molecule has 0 amide bonds. The minimum atomic E-state index is -0.716. The lowest BCUT2D eigenvalue weighted by Crippen LogP contribution is -2.53. The lowest BCUT2D eigenvalue weighted by atomic mass is 9.46. The van der Waals surface area contributed by atoms with Crippen molar-refractivity contribution in [2.75, 3.05) is 0 Å². The Bertz CT molecular complexity index is 1050. The van der Waals surface area contributed by atoms with Crippen LogP contribution in [-0.2, 0) is 28.7 Å². The second-order valence-electron chi connectivity index (χ2n) is 11.2. The van der Waals surface area contributed by atoms with Crippen LogP contribution < -0.4 is 0 Å². The standard InChI is InChI=1S/C20H16O6/c21-9-14-2-1-13(3-14)4-16(7-18(14,16)10(22)25-9)17-5-15(13)6-19(15)11(23)26-12(24)20(17,19)8-17/h1-8H2. The average Bonchev–Trinajstić information content (AvgIpc) is 3.48. The van der Waals surface area contributed by atoms with Crippen molar-refractivity contribution in [3.05, 3.63) is 0 Å². The predicted molar refractivity (Wildman–Crippen MR) is 78.6 cm³/mol. The molecular formula is C20H16O6. The molecule has 9 aliphatic rings. The second kappa shape index (κ2) is 2.48. The summed E-state index contributed by atoms with van der Waals surface area (Å²) in [5.74, 6) is -1.28. The van der Waals surface area contributed by atoms with Crippen molar-refractivity contribution >= 4 is 23.9 Å². The van der Waals surface area contributed by atoms with Crippen molar-refractivity contribution in [2.45, 2.75) is 51.4 Å². The maximum Gasteiger partial charge on any atom is 0.321 e. The predicted octanol–water partition coefficient (Wildman–Crippen LogP) is 1.26. The normalized spacial score (nSPS) is 73.5. The van der Waals surface area contributed by atoms with Gasteiger partial charge in [-0.3, -0.25) is 19.2 Å². The minimum absolute atomic E-state index is 0.0913. The molecule has 8 spiro atoms. The molecule has 7 aliphatic carbocycles. The van der Waals surface area contributed by atoms with E-state index < -0.39 is 21.7 Å². The third-order valence-electron chi connectivity index (χ3n) is 12.0. The van der Waals surface area contributed by atoms with Crippen LogP contribution >= 0.6 is 0 Å². The van der Waals surface area contributed by atoms with Crippen LogP contribution in [0.1, 0.15) is 51.4 Å². The molecule has 6 nitrogen and oxygen atoms in total.